The lowest BCUT2D eigenvalue weighted by Gasteiger charge is -2.04. The summed E-state index contributed by atoms with van der Waals surface area (Å²) in [6.07, 6.45) is 0.598. The van der Waals surface area contributed by atoms with Gasteiger partial charge in [0.05, 0.1) is 0 Å². The van der Waals surface area contributed by atoms with E-state index in [9.17, 15) is 13.2 Å². The Morgan fingerprint density at radius 2 is 2.18 bits per heavy atom. The molecule has 0 aliphatic heterocycles. The third-order valence-corrected chi connectivity index (χ3v) is 1.85. The van der Waals surface area contributed by atoms with Gasteiger partial charge in [-0.2, -0.15) is 13.2 Å². The monoisotopic (exact) mass is 242 g/mol. The van der Waals surface area contributed by atoms with Gasteiger partial charge in [-0.25, -0.2) is 0 Å². The predicted octanol–water partition coefficient (Wildman–Crippen LogP) is 3.81. The van der Waals surface area contributed by atoms with Crippen LogP contribution >= 0.6 is 0 Å². The van der Waals surface area contributed by atoms with Crippen molar-refractivity contribution >= 4 is 6.08 Å². The summed E-state index contributed by atoms with van der Waals surface area (Å²) in [5.41, 5.74) is 7.66. The summed E-state index contributed by atoms with van der Waals surface area (Å²) in [7, 11) is 0. The molecular formula is C10H9F3N4. The summed E-state index contributed by atoms with van der Waals surface area (Å²) < 4.78 is 36.6. The fourth-order valence-corrected chi connectivity index (χ4v) is 1.07. The number of pyridine rings is 1. The van der Waals surface area contributed by atoms with Crippen LogP contribution in [0.4, 0.5) is 13.2 Å². The predicted molar refractivity (Wildman–Crippen MR) is 56.9 cm³/mol. The summed E-state index contributed by atoms with van der Waals surface area (Å²) >= 11 is 0. The topological polar surface area (TPSA) is 61.7 Å². The van der Waals surface area contributed by atoms with E-state index < -0.39 is 11.9 Å². The van der Waals surface area contributed by atoms with Crippen LogP contribution in [0.25, 0.3) is 16.5 Å². The summed E-state index contributed by atoms with van der Waals surface area (Å²) in [6, 6.07) is 2.26. The molecule has 1 heterocycles. The largest absolute Gasteiger partial charge is 0.433 e. The zero-order chi connectivity index (χ0) is 12.7. The van der Waals surface area contributed by atoms with Crippen molar-refractivity contribution in [1.29, 1.82) is 0 Å². The van der Waals surface area contributed by atoms with Crippen molar-refractivity contribution in [3.8, 4) is 0 Å². The molecular weight excluding hydrogens is 233 g/mol. The molecule has 0 saturated carbocycles. The number of hydrogen-bond acceptors (Lipinski definition) is 2. The fraction of sp³-hybridized carbons (Fsp3) is 0.300. The van der Waals surface area contributed by atoms with E-state index >= 15 is 0 Å². The third-order valence-electron chi connectivity index (χ3n) is 1.85. The van der Waals surface area contributed by atoms with E-state index in [1.54, 1.807) is 12.2 Å². The fourth-order valence-electron chi connectivity index (χ4n) is 1.07. The van der Waals surface area contributed by atoms with E-state index in [0.717, 1.165) is 12.3 Å². The van der Waals surface area contributed by atoms with Gasteiger partial charge in [-0.05, 0) is 23.6 Å². The number of nitrogens with zero attached hydrogens (tertiary/aromatic N) is 4. The molecule has 0 atom stereocenters. The van der Waals surface area contributed by atoms with Gasteiger partial charge >= 0.3 is 6.18 Å². The molecule has 0 amide bonds. The standard InChI is InChI=1S/C10H9F3N4/c11-10(12,13)9-5-4-8(7-15-9)3-1-2-6-16-17-14/h1,3-5,7H,2,6H2. The zero-order valence-electron chi connectivity index (χ0n) is 8.72. The zero-order valence-corrected chi connectivity index (χ0v) is 8.72. The maximum absolute atomic E-state index is 12.2. The molecule has 0 radical (unpaired) electrons. The van der Waals surface area contributed by atoms with E-state index in [-0.39, 0.29) is 0 Å². The highest BCUT2D eigenvalue weighted by atomic mass is 19.4. The summed E-state index contributed by atoms with van der Waals surface area (Å²) in [5, 5.41) is 3.31. The Kier molecular flexibility index (Phi) is 4.54. The number of halogens is 3. The van der Waals surface area contributed by atoms with Crippen LogP contribution in [0.5, 0.6) is 0 Å². The van der Waals surface area contributed by atoms with Crippen LogP contribution < -0.4 is 0 Å². The first-order chi connectivity index (χ1) is 8.04. The van der Waals surface area contributed by atoms with Crippen LogP contribution in [0, 0.1) is 0 Å². The first-order valence-electron chi connectivity index (χ1n) is 4.74. The quantitative estimate of drug-likeness (QED) is 0.342. The van der Waals surface area contributed by atoms with Crippen LogP contribution in [0.3, 0.4) is 0 Å². The highest BCUT2D eigenvalue weighted by Gasteiger charge is 2.31. The SMILES string of the molecule is [N-]=[N+]=NCCC=Cc1ccc(C(F)(F)F)nc1. The van der Waals surface area contributed by atoms with Gasteiger partial charge < -0.3 is 0 Å². The van der Waals surface area contributed by atoms with Crippen LogP contribution in [-0.4, -0.2) is 11.5 Å². The van der Waals surface area contributed by atoms with Crippen molar-refractivity contribution in [2.24, 2.45) is 5.11 Å². The second kappa shape index (κ2) is 5.91. The van der Waals surface area contributed by atoms with E-state index in [0.29, 0.717) is 18.5 Å². The lowest BCUT2D eigenvalue weighted by molar-refractivity contribution is -0.141. The third kappa shape index (κ3) is 4.56. The van der Waals surface area contributed by atoms with Crippen LogP contribution in [0.15, 0.2) is 29.5 Å². The lowest BCUT2D eigenvalue weighted by atomic mass is 10.2. The van der Waals surface area contributed by atoms with Crippen molar-refractivity contribution in [3.05, 3.63) is 46.1 Å². The van der Waals surface area contributed by atoms with Gasteiger partial charge in [-0.1, -0.05) is 23.3 Å². The maximum atomic E-state index is 12.2. The Morgan fingerprint density at radius 1 is 1.41 bits per heavy atom. The van der Waals surface area contributed by atoms with Crippen molar-refractivity contribution in [1.82, 2.24) is 4.98 Å². The van der Waals surface area contributed by atoms with Gasteiger partial charge in [0.25, 0.3) is 0 Å². The molecule has 1 rings (SSSR count). The van der Waals surface area contributed by atoms with E-state index in [2.05, 4.69) is 15.0 Å². The molecule has 90 valence electrons. The summed E-state index contributed by atoms with van der Waals surface area (Å²) in [5.74, 6) is 0. The van der Waals surface area contributed by atoms with Crippen molar-refractivity contribution in [2.75, 3.05) is 6.54 Å². The molecule has 0 aliphatic carbocycles. The Hall–Kier alpha value is -2.01. The Balaban J connectivity index is 2.59. The molecule has 7 heteroatoms. The number of hydrogen-bond donors (Lipinski definition) is 0. The Morgan fingerprint density at radius 3 is 2.71 bits per heavy atom. The van der Waals surface area contributed by atoms with E-state index in [1.165, 1.54) is 6.07 Å². The van der Waals surface area contributed by atoms with Gasteiger partial charge in [0, 0.05) is 17.7 Å². The first-order valence-corrected chi connectivity index (χ1v) is 4.74. The molecule has 0 aromatic carbocycles. The minimum absolute atomic E-state index is 0.320. The van der Waals surface area contributed by atoms with Crippen molar-refractivity contribution < 1.29 is 13.2 Å². The molecule has 0 unspecified atom stereocenters. The van der Waals surface area contributed by atoms with Crippen molar-refractivity contribution in [2.45, 2.75) is 12.6 Å². The van der Waals surface area contributed by atoms with Crippen LogP contribution in [0.1, 0.15) is 17.7 Å². The smallest absolute Gasteiger partial charge is 0.251 e. The van der Waals surface area contributed by atoms with Crippen LogP contribution in [0.2, 0.25) is 0 Å². The Bertz CT molecular complexity index is 430. The second-order valence-corrected chi connectivity index (χ2v) is 3.12. The normalized spacial score (nSPS) is 11.5. The molecule has 1 aromatic heterocycles. The molecule has 0 spiro atoms. The van der Waals surface area contributed by atoms with E-state index in [4.69, 9.17) is 5.53 Å². The van der Waals surface area contributed by atoms with Crippen molar-refractivity contribution in [3.63, 3.8) is 0 Å². The summed E-state index contributed by atoms with van der Waals surface area (Å²) in [6.45, 7) is 0.320. The van der Waals surface area contributed by atoms with Crippen LogP contribution in [-0.2, 0) is 6.18 Å². The second-order valence-electron chi connectivity index (χ2n) is 3.12. The number of azide groups is 1. The van der Waals surface area contributed by atoms with Gasteiger partial charge in [0.15, 0.2) is 0 Å². The highest BCUT2D eigenvalue weighted by Crippen LogP contribution is 2.27. The highest BCUT2D eigenvalue weighted by molar-refractivity contribution is 5.47. The molecule has 17 heavy (non-hydrogen) atoms. The average molecular weight is 242 g/mol. The molecule has 0 bridgehead atoms. The minimum atomic E-state index is -4.41. The van der Waals surface area contributed by atoms with Gasteiger partial charge in [-0.15, -0.1) is 0 Å². The molecule has 0 fully saturated rings. The average Bonchev–Trinajstić information content (AvgIpc) is 2.28. The number of rotatable bonds is 4. The van der Waals surface area contributed by atoms with Gasteiger partial charge in [-0.3, -0.25) is 4.98 Å². The molecule has 4 nitrogen and oxygen atoms in total. The lowest BCUT2D eigenvalue weighted by Crippen LogP contribution is -2.07. The van der Waals surface area contributed by atoms with Gasteiger partial charge in [0.2, 0.25) is 0 Å². The molecule has 0 N–H and O–H groups in total. The summed E-state index contributed by atoms with van der Waals surface area (Å²) in [4.78, 5) is 5.88. The maximum Gasteiger partial charge on any atom is 0.433 e. The minimum Gasteiger partial charge on any atom is -0.251 e. The number of alkyl halides is 3. The van der Waals surface area contributed by atoms with E-state index in [1.807, 2.05) is 0 Å². The molecule has 1 aromatic rings. The first kappa shape index (κ1) is 13.1. The Labute approximate surface area is 95.4 Å². The van der Waals surface area contributed by atoms with Gasteiger partial charge in [0.1, 0.15) is 5.69 Å². The molecule has 0 saturated heterocycles. The number of aromatic nitrogens is 1. The molecule has 0 aliphatic rings.